The van der Waals surface area contributed by atoms with Crippen LogP contribution in [-0.2, 0) is 5.75 Å². The Kier molecular flexibility index (Phi) is 6.41. The summed E-state index contributed by atoms with van der Waals surface area (Å²) in [5.74, 6) is 2.23. The quantitative estimate of drug-likeness (QED) is 0.327. The molecule has 3 aromatic rings. The zero-order valence-corrected chi connectivity index (χ0v) is 16.8. The number of rotatable bonds is 6. The molecule has 6 heteroatoms. The van der Waals surface area contributed by atoms with Crippen molar-refractivity contribution in [2.24, 2.45) is 0 Å². The fourth-order valence-electron chi connectivity index (χ4n) is 2.23. The monoisotopic (exact) mass is 404 g/mol. The SMILES string of the molecule is CC(C)c1cc(Oc2ccc(Cl)cc2)nc(SCc2cccc(Cl)c2)n1. The van der Waals surface area contributed by atoms with Crippen molar-refractivity contribution in [3.63, 3.8) is 0 Å². The van der Waals surface area contributed by atoms with Crippen LogP contribution in [-0.4, -0.2) is 9.97 Å². The fourth-order valence-corrected chi connectivity index (χ4v) is 3.37. The van der Waals surface area contributed by atoms with Gasteiger partial charge in [0, 0.05) is 21.9 Å². The van der Waals surface area contributed by atoms with Gasteiger partial charge in [0.2, 0.25) is 5.88 Å². The second kappa shape index (κ2) is 8.76. The predicted molar refractivity (Wildman–Crippen MR) is 109 cm³/mol. The normalized spacial score (nSPS) is 11.0. The van der Waals surface area contributed by atoms with Gasteiger partial charge in [-0.25, -0.2) is 4.98 Å². The van der Waals surface area contributed by atoms with Crippen molar-refractivity contribution < 1.29 is 4.74 Å². The molecule has 0 N–H and O–H groups in total. The van der Waals surface area contributed by atoms with Crippen LogP contribution in [0.1, 0.15) is 31.0 Å². The summed E-state index contributed by atoms with van der Waals surface area (Å²) in [7, 11) is 0. The van der Waals surface area contributed by atoms with Crippen molar-refractivity contribution in [1.29, 1.82) is 0 Å². The summed E-state index contributed by atoms with van der Waals surface area (Å²) in [5.41, 5.74) is 2.07. The van der Waals surface area contributed by atoms with Gasteiger partial charge in [-0.05, 0) is 47.9 Å². The molecule has 0 unspecified atom stereocenters. The lowest BCUT2D eigenvalue weighted by atomic mass is 10.1. The number of thioether (sulfide) groups is 1. The van der Waals surface area contributed by atoms with E-state index in [0.717, 1.165) is 22.0 Å². The molecule has 0 spiro atoms. The first-order valence-corrected chi connectivity index (χ1v) is 9.93. The molecular formula is C20H18Cl2N2OS. The van der Waals surface area contributed by atoms with Crippen molar-refractivity contribution in [1.82, 2.24) is 9.97 Å². The minimum absolute atomic E-state index is 0.274. The lowest BCUT2D eigenvalue weighted by Crippen LogP contribution is -1.99. The van der Waals surface area contributed by atoms with Gasteiger partial charge in [-0.3, -0.25) is 0 Å². The summed E-state index contributed by atoms with van der Waals surface area (Å²) in [4.78, 5) is 9.18. The first kappa shape index (κ1) is 19.0. The molecule has 3 nitrogen and oxygen atoms in total. The van der Waals surface area contributed by atoms with Gasteiger partial charge in [0.25, 0.3) is 0 Å². The molecule has 0 amide bonds. The Morgan fingerprint density at radius 3 is 2.42 bits per heavy atom. The fraction of sp³-hybridized carbons (Fsp3) is 0.200. The van der Waals surface area contributed by atoms with E-state index in [1.807, 2.05) is 42.5 Å². The van der Waals surface area contributed by atoms with E-state index in [1.54, 1.807) is 23.9 Å². The summed E-state index contributed by atoms with van der Waals surface area (Å²) in [6, 6.07) is 16.9. The Bertz CT molecular complexity index is 885. The summed E-state index contributed by atoms with van der Waals surface area (Å²) in [5, 5.41) is 2.08. The molecule has 26 heavy (non-hydrogen) atoms. The number of hydrogen-bond donors (Lipinski definition) is 0. The van der Waals surface area contributed by atoms with Crippen molar-refractivity contribution in [2.45, 2.75) is 30.7 Å². The number of hydrogen-bond acceptors (Lipinski definition) is 4. The van der Waals surface area contributed by atoms with Crippen molar-refractivity contribution in [3.8, 4) is 11.6 Å². The molecular weight excluding hydrogens is 387 g/mol. The summed E-state index contributed by atoms with van der Waals surface area (Å²) >= 11 is 13.5. The van der Waals surface area contributed by atoms with Crippen LogP contribution in [0.3, 0.4) is 0 Å². The van der Waals surface area contributed by atoms with Gasteiger partial charge in [0.1, 0.15) is 5.75 Å². The Balaban J connectivity index is 1.80. The number of ether oxygens (including phenoxy) is 1. The van der Waals surface area contributed by atoms with Crippen LogP contribution in [0.15, 0.2) is 59.8 Å². The summed E-state index contributed by atoms with van der Waals surface area (Å²) in [6.07, 6.45) is 0. The minimum atomic E-state index is 0.274. The molecule has 0 saturated heterocycles. The number of benzene rings is 2. The summed E-state index contributed by atoms with van der Waals surface area (Å²) in [6.45, 7) is 4.19. The minimum Gasteiger partial charge on any atom is -0.439 e. The van der Waals surface area contributed by atoms with Crippen LogP contribution in [0.4, 0.5) is 0 Å². The molecule has 2 aromatic carbocycles. The van der Waals surface area contributed by atoms with Gasteiger partial charge in [0.05, 0.1) is 5.69 Å². The molecule has 0 fully saturated rings. The zero-order valence-electron chi connectivity index (χ0n) is 14.4. The molecule has 0 aliphatic heterocycles. The lowest BCUT2D eigenvalue weighted by Gasteiger charge is -2.11. The van der Waals surface area contributed by atoms with Gasteiger partial charge in [-0.2, -0.15) is 4.98 Å². The van der Waals surface area contributed by atoms with E-state index < -0.39 is 0 Å². The average Bonchev–Trinajstić information content (AvgIpc) is 2.62. The molecule has 1 aromatic heterocycles. The molecule has 3 rings (SSSR count). The highest BCUT2D eigenvalue weighted by molar-refractivity contribution is 7.98. The van der Waals surface area contributed by atoms with E-state index >= 15 is 0 Å². The van der Waals surface area contributed by atoms with Crippen molar-refractivity contribution in [2.75, 3.05) is 0 Å². The molecule has 134 valence electrons. The lowest BCUT2D eigenvalue weighted by molar-refractivity contribution is 0.453. The first-order valence-electron chi connectivity index (χ1n) is 8.19. The van der Waals surface area contributed by atoms with Crippen LogP contribution in [0.25, 0.3) is 0 Å². The maximum Gasteiger partial charge on any atom is 0.223 e. The number of aromatic nitrogens is 2. The largest absolute Gasteiger partial charge is 0.439 e. The van der Waals surface area contributed by atoms with E-state index in [1.165, 1.54) is 0 Å². The third-order valence-electron chi connectivity index (χ3n) is 3.59. The van der Waals surface area contributed by atoms with Crippen LogP contribution >= 0.6 is 35.0 Å². The van der Waals surface area contributed by atoms with E-state index in [9.17, 15) is 0 Å². The Labute approximate surface area is 167 Å². The van der Waals surface area contributed by atoms with Crippen LogP contribution < -0.4 is 4.74 Å². The van der Waals surface area contributed by atoms with Crippen LogP contribution in [0, 0.1) is 0 Å². The maximum atomic E-state index is 6.05. The summed E-state index contributed by atoms with van der Waals surface area (Å²) < 4.78 is 5.89. The van der Waals surface area contributed by atoms with Gasteiger partial charge in [0.15, 0.2) is 5.16 Å². The third-order valence-corrected chi connectivity index (χ3v) is 4.99. The highest BCUT2D eigenvalue weighted by Crippen LogP contribution is 2.28. The van der Waals surface area contributed by atoms with Gasteiger partial charge < -0.3 is 4.74 Å². The van der Waals surface area contributed by atoms with Crippen LogP contribution in [0.5, 0.6) is 11.6 Å². The van der Waals surface area contributed by atoms with Gasteiger partial charge >= 0.3 is 0 Å². The smallest absolute Gasteiger partial charge is 0.223 e. The Morgan fingerprint density at radius 1 is 0.962 bits per heavy atom. The Morgan fingerprint density at radius 2 is 1.73 bits per heavy atom. The van der Waals surface area contributed by atoms with E-state index in [4.69, 9.17) is 27.9 Å². The number of nitrogens with zero attached hydrogens (tertiary/aromatic N) is 2. The Hall–Kier alpha value is -1.75. The molecule has 0 saturated carbocycles. The molecule has 1 heterocycles. The standard InChI is InChI=1S/C20H18Cl2N2OS/c1-13(2)18-11-19(25-17-8-6-15(21)7-9-17)24-20(23-18)26-12-14-4-3-5-16(22)10-14/h3-11,13H,12H2,1-2H3. The zero-order chi connectivity index (χ0) is 18.5. The van der Waals surface area contributed by atoms with Crippen LogP contribution in [0.2, 0.25) is 10.0 Å². The number of halogens is 2. The predicted octanol–water partition coefficient (Wildman–Crippen LogP) is 6.99. The third kappa shape index (κ3) is 5.37. The van der Waals surface area contributed by atoms with E-state index in [2.05, 4.69) is 23.8 Å². The molecule has 0 aliphatic rings. The van der Waals surface area contributed by atoms with Gasteiger partial charge in [-0.15, -0.1) is 0 Å². The first-order chi connectivity index (χ1) is 12.5. The highest BCUT2D eigenvalue weighted by Gasteiger charge is 2.10. The molecule has 0 atom stereocenters. The topological polar surface area (TPSA) is 35.0 Å². The van der Waals surface area contributed by atoms with Gasteiger partial charge in [-0.1, -0.05) is 60.9 Å². The van der Waals surface area contributed by atoms with E-state index in [-0.39, 0.29) is 5.92 Å². The average molecular weight is 405 g/mol. The molecule has 0 aliphatic carbocycles. The second-order valence-corrected chi connectivity index (χ2v) is 7.86. The maximum absolute atomic E-state index is 6.05. The second-order valence-electron chi connectivity index (χ2n) is 6.04. The van der Waals surface area contributed by atoms with Crippen molar-refractivity contribution >= 4 is 35.0 Å². The van der Waals surface area contributed by atoms with E-state index in [0.29, 0.717) is 21.8 Å². The highest BCUT2D eigenvalue weighted by atomic mass is 35.5. The molecule has 0 bridgehead atoms. The van der Waals surface area contributed by atoms with Crippen molar-refractivity contribution in [3.05, 3.63) is 75.9 Å². The molecule has 0 radical (unpaired) electrons.